The van der Waals surface area contributed by atoms with Gasteiger partial charge in [0, 0.05) is 12.5 Å². The second-order valence-corrected chi connectivity index (χ2v) is 4.40. The summed E-state index contributed by atoms with van der Waals surface area (Å²) in [5.74, 6) is 1.57. The summed E-state index contributed by atoms with van der Waals surface area (Å²) < 4.78 is 0. The summed E-state index contributed by atoms with van der Waals surface area (Å²) in [5.41, 5.74) is 0. The highest BCUT2D eigenvalue weighted by atomic mass is 16.1. The molecule has 1 aliphatic rings. The first kappa shape index (κ1) is 9.56. The fraction of sp³-hybridized carbons (Fsp3) is 0.900. The number of nitrogens with one attached hydrogen (secondary N) is 1. The number of carbonyl (C=O) groups excluding carboxylic acids is 1. The van der Waals surface area contributed by atoms with Crippen molar-refractivity contribution in [3.8, 4) is 0 Å². The van der Waals surface area contributed by atoms with Crippen LogP contribution in [-0.2, 0) is 4.79 Å². The molecule has 0 aromatic heterocycles. The Balaban J connectivity index is 2.39. The van der Waals surface area contributed by atoms with E-state index in [9.17, 15) is 4.79 Å². The molecule has 1 N–H and O–H groups in total. The molecule has 2 heteroatoms. The Morgan fingerprint density at radius 2 is 2.25 bits per heavy atom. The van der Waals surface area contributed by atoms with Crippen molar-refractivity contribution in [2.24, 2.45) is 11.8 Å². The standard InChI is InChI=1S/C10H19NO/c1-7(2)4-9-5-8(3)11-10(12)6-9/h7-9H,4-6H2,1-3H3,(H,11,12). The minimum Gasteiger partial charge on any atom is -0.354 e. The van der Waals surface area contributed by atoms with Crippen molar-refractivity contribution in [3.05, 3.63) is 0 Å². The summed E-state index contributed by atoms with van der Waals surface area (Å²) in [4.78, 5) is 11.2. The Bertz CT molecular complexity index is 163. The maximum atomic E-state index is 11.2. The van der Waals surface area contributed by atoms with Gasteiger partial charge in [0.05, 0.1) is 0 Å². The summed E-state index contributed by atoms with van der Waals surface area (Å²) in [6, 6.07) is 0.384. The minimum absolute atomic E-state index is 0.236. The van der Waals surface area contributed by atoms with Gasteiger partial charge in [-0.25, -0.2) is 0 Å². The van der Waals surface area contributed by atoms with Gasteiger partial charge in [-0.2, -0.15) is 0 Å². The number of piperidine rings is 1. The van der Waals surface area contributed by atoms with Crippen molar-refractivity contribution >= 4 is 5.91 Å². The van der Waals surface area contributed by atoms with Crippen molar-refractivity contribution in [3.63, 3.8) is 0 Å². The number of amides is 1. The van der Waals surface area contributed by atoms with Crippen LogP contribution in [0.3, 0.4) is 0 Å². The molecule has 1 heterocycles. The molecule has 2 nitrogen and oxygen atoms in total. The zero-order chi connectivity index (χ0) is 9.14. The Kier molecular flexibility index (Phi) is 3.12. The number of hydrogen-bond donors (Lipinski definition) is 1. The van der Waals surface area contributed by atoms with Crippen molar-refractivity contribution in [1.82, 2.24) is 5.32 Å². The first-order chi connectivity index (χ1) is 5.58. The quantitative estimate of drug-likeness (QED) is 0.672. The van der Waals surface area contributed by atoms with Gasteiger partial charge >= 0.3 is 0 Å². The average molecular weight is 169 g/mol. The van der Waals surface area contributed by atoms with Crippen LogP contribution in [0.4, 0.5) is 0 Å². The van der Waals surface area contributed by atoms with Gasteiger partial charge in [0.25, 0.3) is 0 Å². The number of carbonyl (C=O) groups is 1. The molecule has 70 valence electrons. The zero-order valence-electron chi connectivity index (χ0n) is 8.26. The summed E-state index contributed by atoms with van der Waals surface area (Å²) in [6.45, 7) is 6.53. The average Bonchev–Trinajstić information content (AvgIpc) is 1.81. The highest BCUT2D eigenvalue weighted by molar-refractivity contribution is 5.77. The molecule has 0 bridgehead atoms. The lowest BCUT2D eigenvalue weighted by atomic mass is 9.86. The monoisotopic (exact) mass is 169 g/mol. The molecule has 12 heavy (non-hydrogen) atoms. The van der Waals surface area contributed by atoms with E-state index in [0.717, 1.165) is 12.8 Å². The molecule has 0 aromatic carbocycles. The van der Waals surface area contributed by atoms with Crippen LogP contribution in [0.1, 0.15) is 40.0 Å². The summed E-state index contributed by atoms with van der Waals surface area (Å²) in [6.07, 6.45) is 3.09. The molecule has 1 fully saturated rings. The van der Waals surface area contributed by atoms with Crippen molar-refractivity contribution < 1.29 is 4.79 Å². The van der Waals surface area contributed by atoms with Crippen molar-refractivity contribution in [2.45, 2.75) is 46.1 Å². The summed E-state index contributed by atoms with van der Waals surface area (Å²) in [5, 5.41) is 2.94. The van der Waals surface area contributed by atoms with Crippen LogP contribution in [0.5, 0.6) is 0 Å². The van der Waals surface area contributed by atoms with E-state index in [4.69, 9.17) is 0 Å². The first-order valence-corrected chi connectivity index (χ1v) is 4.87. The molecule has 1 saturated heterocycles. The molecule has 1 rings (SSSR count). The van der Waals surface area contributed by atoms with Crippen LogP contribution in [0.15, 0.2) is 0 Å². The molecule has 0 aromatic rings. The molecule has 1 amide bonds. The predicted octanol–water partition coefficient (Wildman–Crippen LogP) is 1.95. The van der Waals surface area contributed by atoms with Crippen LogP contribution in [-0.4, -0.2) is 11.9 Å². The van der Waals surface area contributed by atoms with E-state index < -0.39 is 0 Å². The minimum atomic E-state index is 0.236. The van der Waals surface area contributed by atoms with E-state index in [-0.39, 0.29) is 5.91 Å². The third-order valence-corrected chi connectivity index (χ3v) is 2.37. The third kappa shape index (κ3) is 2.84. The normalized spacial score (nSPS) is 30.5. The molecule has 2 unspecified atom stereocenters. The highest BCUT2D eigenvalue weighted by Gasteiger charge is 2.23. The van der Waals surface area contributed by atoms with Crippen LogP contribution >= 0.6 is 0 Å². The van der Waals surface area contributed by atoms with Crippen LogP contribution in [0.2, 0.25) is 0 Å². The van der Waals surface area contributed by atoms with E-state index in [1.807, 2.05) is 0 Å². The van der Waals surface area contributed by atoms with Gasteiger partial charge in [-0.15, -0.1) is 0 Å². The first-order valence-electron chi connectivity index (χ1n) is 4.87. The molecule has 0 radical (unpaired) electrons. The van der Waals surface area contributed by atoms with Gasteiger partial charge in [0.2, 0.25) is 5.91 Å². The van der Waals surface area contributed by atoms with Gasteiger partial charge in [-0.1, -0.05) is 13.8 Å². The van der Waals surface area contributed by atoms with E-state index in [1.165, 1.54) is 6.42 Å². The molecular formula is C10H19NO. The van der Waals surface area contributed by atoms with Crippen LogP contribution < -0.4 is 5.32 Å². The largest absolute Gasteiger partial charge is 0.354 e. The van der Waals surface area contributed by atoms with Crippen LogP contribution in [0.25, 0.3) is 0 Å². The lowest BCUT2D eigenvalue weighted by Crippen LogP contribution is -2.40. The molecular weight excluding hydrogens is 150 g/mol. The maximum Gasteiger partial charge on any atom is 0.220 e. The predicted molar refractivity (Wildman–Crippen MR) is 49.8 cm³/mol. The second kappa shape index (κ2) is 3.92. The number of rotatable bonds is 2. The summed E-state index contributed by atoms with van der Waals surface area (Å²) >= 11 is 0. The lowest BCUT2D eigenvalue weighted by Gasteiger charge is -2.28. The zero-order valence-corrected chi connectivity index (χ0v) is 8.26. The molecule has 0 aliphatic carbocycles. The maximum absolute atomic E-state index is 11.2. The van der Waals surface area contributed by atoms with Crippen LogP contribution in [0, 0.1) is 11.8 Å². The second-order valence-electron chi connectivity index (χ2n) is 4.40. The lowest BCUT2D eigenvalue weighted by molar-refractivity contribution is -0.124. The Labute approximate surface area is 74.7 Å². The fourth-order valence-electron chi connectivity index (χ4n) is 2.08. The molecule has 2 atom stereocenters. The SMILES string of the molecule is CC(C)CC1CC(=O)NC(C)C1. The van der Waals surface area contributed by atoms with Gasteiger partial charge in [0.15, 0.2) is 0 Å². The Hall–Kier alpha value is -0.530. The van der Waals surface area contributed by atoms with Gasteiger partial charge < -0.3 is 5.32 Å². The summed E-state index contributed by atoms with van der Waals surface area (Å²) in [7, 11) is 0. The van der Waals surface area contributed by atoms with E-state index >= 15 is 0 Å². The van der Waals surface area contributed by atoms with Crippen molar-refractivity contribution in [1.29, 1.82) is 0 Å². The third-order valence-electron chi connectivity index (χ3n) is 2.37. The van der Waals surface area contributed by atoms with E-state index in [2.05, 4.69) is 26.1 Å². The van der Waals surface area contributed by atoms with Gasteiger partial charge in [-0.3, -0.25) is 4.79 Å². The molecule has 0 spiro atoms. The Morgan fingerprint density at radius 3 is 2.75 bits per heavy atom. The van der Waals surface area contributed by atoms with Gasteiger partial charge in [0.1, 0.15) is 0 Å². The Morgan fingerprint density at radius 1 is 1.58 bits per heavy atom. The molecule has 1 aliphatic heterocycles. The van der Waals surface area contributed by atoms with E-state index in [0.29, 0.717) is 17.9 Å². The van der Waals surface area contributed by atoms with E-state index in [1.54, 1.807) is 0 Å². The highest BCUT2D eigenvalue weighted by Crippen LogP contribution is 2.23. The number of hydrogen-bond acceptors (Lipinski definition) is 1. The van der Waals surface area contributed by atoms with Crippen molar-refractivity contribution in [2.75, 3.05) is 0 Å². The molecule has 0 saturated carbocycles. The fourth-order valence-corrected chi connectivity index (χ4v) is 2.08. The smallest absolute Gasteiger partial charge is 0.220 e. The topological polar surface area (TPSA) is 29.1 Å². The van der Waals surface area contributed by atoms with Gasteiger partial charge in [-0.05, 0) is 31.6 Å².